The summed E-state index contributed by atoms with van der Waals surface area (Å²) in [6.07, 6.45) is 5.67. The van der Waals surface area contributed by atoms with Gasteiger partial charge in [0.1, 0.15) is 11.4 Å². The van der Waals surface area contributed by atoms with Crippen LogP contribution in [0.3, 0.4) is 0 Å². The molecular formula is C28H30N4O5. The number of carboxylic acids is 1. The summed E-state index contributed by atoms with van der Waals surface area (Å²) >= 11 is 0. The van der Waals surface area contributed by atoms with E-state index in [1.54, 1.807) is 24.1 Å². The van der Waals surface area contributed by atoms with E-state index in [0.717, 1.165) is 49.5 Å². The van der Waals surface area contributed by atoms with Gasteiger partial charge in [0, 0.05) is 55.5 Å². The molecule has 9 nitrogen and oxygen atoms in total. The lowest BCUT2D eigenvalue weighted by molar-refractivity contribution is -0.000947. The normalized spacial score (nSPS) is 19.3. The molecule has 2 aromatic carbocycles. The minimum Gasteiger partial charge on any atom is -0.497 e. The van der Waals surface area contributed by atoms with Gasteiger partial charge in [0.2, 0.25) is 0 Å². The number of hydrogen-bond donors (Lipinski definition) is 1. The maximum Gasteiger partial charge on any atom is 0.415 e. The van der Waals surface area contributed by atoms with Crippen molar-refractivity contribution in [3.8, 4) is 17.0 Å². The molecule has 2 saturated heterocycles. The molecule has 37 heavy (non-hydrogen) atoms. The summed E-state index contributed by atoms with van der Waals surface area (Å²) in [7, 11) is 1.67. The minimum absolute atomic E-state index is 0.193. The van der Waals surface area contributed by atoms with Crippen LogP contribution in [0.15, 0.2) is 54.7 Å². The molecule has 2 aliphatic heterocycles. The summed E-state index contributed by atoms with van der Waals surface area (Å²) in [5.74, 6) is -0.163. The average Bonchev–Trinajstić information content (AvgIpc) is 3.61. The smallest absolute Gasteiger partial charge is 0.415 e. The number of hydrogen-bond acceptors (Lipinski definition) is 6. The largest absolute Gasteiger partial charge is 0.497 e. The van der Waals surface area contributed by atoms with Crippen molar-refractivity contribution in [1.29, 1.82) is 0 Å². The van der Waals surface area contributed by atoms with Crippen LogP contribution in [0.1, 0.15) is 47.6 Å². The Bertz CT molecular complexity index is 1310. The molecule has 1 amide bonds. The molecule has 3 aromatic rings. The number of piperidine rings is 1. The van der Waals surface area contributed by atoms with Crippen molar-refractivity contribution in [3.05, 3.63) is 65.9 Å². The number of ether oxygens (including phenoxy) is 2. The van der Waals surface area contributed by atoms with Crippen LogP contribution >= 0.6 is 0 Å². The van der Waals surface area contributed by atoms with Gasteiger partial charge in [-0.1, -0.05) is 0 Å². The third kappa shape index (κ3) is 4.67. The number of carbonyl (C=O) groups is 2. The van der Waals surface area contributed by atoms with E-state index in [1.165, 1.54) is 30.5 Å². The van der Waals surface area contributed by atoms with Crippen molar-refractivity contribution >= 4 is 17.7 Å². The molecule has 0 unspecified atom stereocenters. The summed E-state index contributed by atoms with van der Waals surface area (Å²) in [5, 5.41) is 14.1. The standard InChI is InChI=1S/C28H30N4O5/c1-36-24-10-4-19(5-11-24)25-21(17-32(29-25)23-8-9-23)16-30-14-12-28(13-15-30)18-31(27(35)37-28)22-6-2-20(3-7-22)26(33)34/h2-7,10-11,17,23H,8-9,12-16,18H2,1H3,(H,33,34). The van der Waals surface area contributed by atoms with Crippen molar-refractivity contribution in [2.75, 3.05) is 31.6 Å². The van der Waals surface area contributed by atoms with Crippen LogP contribution in [0.4, 0.5) is 10.5 Å². The molecule has 1 aliphatic carbocycles. The van der Waals surface area contributed by atoms with Gasteiger partial charge in [0.25, 0.3) is 0 Å². The van der Waals surface area contributed by atoms with Gasteiger partial charge in [-0.15, -0.1) is 0 Å². The summed E-state index contributed by atoms with van der Waals surface area (Å²) in [4.78, 5) is 27.9. The number of rotatable bonds is 7. The monoisotopic (exact) mass is 502 g/mol. The van der Waals surface area contributed by atoms with Crippen molar-refractivity contribution in [2.24, 2.45) is 0 Å². The van der Waals surface area contributed by atoms with Crippen molar-refractivity contribution in [3.63, 3.8) is 0 Å². The molecule has 9 heteroatoms. The molecule has 1 saturated carbocycles. The zero-order valence-electron chi connectivity index (χ0n) is 20.8. The van der Waals surface area contributed by atoms with Crippen LogP contribution in [0.25, 0.3) is 11.3 Å². The zero-order chi connectivity index (χ0) is 25.6. The van der Waals surface area contributed by atoms with Gasteiger partial charge >= 0.3 is 12.1 Å². The van der Waals surface area contributed by atoms with Crippen molar-refractivity contribution < 1.29 is 24.2 Å². The highest BCUT2D eigenvalue weighted by atomic mass is 16.6. The average molecular weight is 503 g/mol. The van der Waals surface area contributed by atoms with E-state index < -0.39 is 11.6 Å². The predicted octanol–water partition coefficient (Wildman–Crippen LogP) is 4.58. The number of anilines is 1. The molecule has 0 atom stereocenters. The van der Waals surface area contributed by atoms with E-state index in [4.69, 9.17) is 19.7 Å². The SMILES string of the molecule is COc1ccc(-c2nn(C3CC3)cc2CN2CCC3(CC2)CN(c2ccc(C(=O)O)cc2)C(=O)O3)cc1. The Hall–Kier alpha value is -3.85. The van der Waals surface area contributed by atoms with E-state index in [-0.39, 0.29) is 11.7 Å². The summed E-state index contributed by atoms with van der Waals surface area (Å²) in [6.45, 7) is 2.90. The number of aromatic nitrogens is 2. The van der Waals surface area contributed by atoms with Crippen LogP contribution < -0.4 is 9.64 Å². The number of carboxylic acid groups (broad SMARTS) is 1. The number of methoxy groups -OCH3 is 1. The highest BCUT2D eigenvalue weighted by Crippen LogP contribution is 2.38. The Morgan fingerprint density at radius 3 is 2.43 bits per heavy atom. The number of benzene rings is 2. The van der Waals surface area contributed by atoms with Gasteiger partial charge in [0.15, 0.2) is 0 Å². The summed E-state index contributed by atoms with van der Waals surface area (Å²) in [5.41, 5.74) is 3.63. The number of carbonyl (C=O) groups excluding carboxylic acids is 1. The fourth-order valence-corrected chi connectivity index (χ4v) is 5.29. The quantitative estimate of drug-likeness (QED) is 0.505. The first kappa shape index (κ1) is 23.5. The molecule has 1 spiro atoms. The second-order valence-electron chi connectivity index (χ2n) is 10.2. The lowest BCUT2D eigenvalue weighted by Gasteiger charge is -2.37. The van der Waals surface area contributed by atoms with E-state index in [2.05, 4.69) is 27.9 Å². The fourth-order valence-electron chi connectivity index (χ4n) is 5.29. The number of nitrogens with zero attached hydrogens (tertiary/aromatic N) is 4. The maximum absolute atomic E-state index is 12.7. The van der Waals surface area contributed by atoms with Gasteiger partial charge in [-0.05, 0) is 61.4 Å². The molecule has 0 radical (unpaired) electrons. The van der Waals surface area contributed by atoms with Crippen LogP contribution in [0.2, 0.25) is 0 Å². The van der Waals surface area contributed by atoms with Crippen molar-refractivity contribution in [1.82, 2.24) is 14.7 Å². The summed E-state index contributed by atoms with van der Waals surface area (Å²) in [6, 6.07) is 14.9. The minimum atomic E-state index is -0.989. The molecule has 3 heterocycles. The van der Waals surface area contributed by atoms with Crippen molar-refractivity contribution in [2.45, 2.75) is 43.9 Å². The van der Waals surface area contributed by atoms with Gasteiger partial charge in [0.05, 0.1) is 31.0 Å². The zero-order valence-corrected chi connectivity index (χ0v) is 20.8. The summed E-state index contributed by atoms with van der Waals surface area (Å²) < 4.78 is 13.3. The number of likely N-dealkylation sites (tertiary alicyclic amines) is 1. The Morgan fingerprint density at radius 1 is 1.11 bits per heavy atom. The predicted molar refractivity (Wildman–Crippen MR) is 137 cm³/mol. The van der Waals surface area contributed by atoms with Crippen LogP contribution in [-0.4, -0.2) is 64.2 Å². The van der Waals surface area contributed by atoms with Gasteiger partial charge in [-0.25, -0.2) is 9.59 Å². The molecule has 6 rings (SSSR count). The van der Waals surface area contributed by atoms with E-state index in [0.29, 0.717) is 18.3 Å². The first-order chi connectivity index (χ1) is 17.9. The third-order valence-corrected chi connectivity index (χ3v) is 7.65. The van der Waals surface area contributed by atoms with E-state index in [9.17, 15) is 9.59 Å². The Labute approximate surface area is 215 Å². The first-order valence-corrected chi connectivity index (χ1v) is 12.7. The first-order valence-electron chi connectivity index (χ1n) is 12.7. The molecule has 192 valence electrons. The Morgan fingerprint density at radius 2 is 1.81 bits per heavy atom. The lowest BCUT2D eigenvalue weighted by atomic mass is 9.91. The fraction of sp³-hybridized carbons (Fsp3) is 0.393. The molecule has 1 N–H and O–H groups in total. The Kier molecular flexibility index (Phi) is 5.87. The molecule has 0 bridgehead atoms. The highest BCUT2D eigenvalue weighted by molar-refractivity contribution is 5.92. The molecule has 3 aliphatic rings. The number of amides is 1. The van der Waals surface area contributed by atoms with E-state index >= 15 is 0 Å². The molecule has 3 fully saturated rings. The number of aromatic carboxylic acids is 1. The Balaban J connectivity index is 1.14. The van der Waals surface area contributed by atoms with Crippen LogP contribution in [0, 0.1) is 0 Å². The highest BCUT2D eigenvalue weighted by Gasteiger charge is 2.47. The van der Waals surface area contributed by atoms with E-state index in [1.807, 2.05) is 12.1 Å². The topological polar surface area (TPSA) is 97.1 Å². The maximum atomic E-state index is 12.7. The van der Waals surface area contributed by atoms with Gasteiger partial charge in [-0.2, -0.15) is 5.10 Å². The second kappa shape index (κ2) is 9.23. The van der Waals surface area contributed by atoms with Crippen LogP contribution in [0.5, 0.6) is 5.75 Å². The van der Waals surface area contributed by atoms with Crippen LogP contribution in [-0.2, 0) is 11.3 Å². The lowest BCUT2D eigenvalue weighted by Crippen LogP contribution is -2.46. The molecular weight excluding hydrogens is 472 g/mol. The third-order valence-electron chi connectivity index (χ3n) is 7.65. The second-order valence-corrected chi connectivity index (χ2v) is 10.2. The van der Waals surface area contributed by atoms with Gasteiger partial charge < -0.3 is 14.6 Å². The van der Waals surface area contributed by atoms with Gasteiger partial charge in [-0.3, -0.25) is 14.5 Å². The molecule has 1 aromatic heterocycles.